The summed E-state index contributed by atoms with van der Waals surface area (Å²) in [5.74, 6) is 0. The highest BCUT2D eigenvalue weighted by Gasteiger charge is 2.21. The summed E-state index contributed by atoms with van der Waals surface area (Å²) in [5.41, 5.74) is 4.83. The Morgan fingerprint density at radius 3 is 3.00 bits per heavy atom. The van der Waals surface area contributed by atoms with E-state index in [0.717, 1.165) is 19.4 Å². The van der Waals surface area contributed by atoms with Crippen LogP contribution >= 0.6 is 0 Å². The van der Waals surface area contributed by atoms with E-state index in [9.17, 15) is 4.79 Å². The van der Waals surface area contributed by atoms with Gasteiger partial charge in [-0.1, -0.05) is 0 Å². The first-order valence-corrected chi connectivity index (χ1v) is 4.06. The maximum Gasteiger partial charge on any atom is 0.419 e. The van der Waals surface area contributed by atoms with Crippen LogP contribution in [0, 0.1) is 0 Å². The predicted molar refractivity (Wildman–Crippen MR) is 42.7 cm³/mol. The van der Waals surface area contributed by atoms with E-state index in [4.69, 9.17) is 9.84 Å². The topological polar surface area (TPSA) is 70.6 Å². The largest absolute Gasteiger partial charge is 0.464 e. The van der Waals surface area contributed by atoms with Crippen LogP contribution in [0.25, 0.3) is 0 Å². The minimum absolute atomic E-state index is 0.0746. The number of hydrogen-bond donors (Lipinski definition) is 3. The van der Waals surface area contributed by atoms with Crippen molar-refractivity contribution in [1.29, 1.82) is 0 Å². The van der Waals surface area contributed by atoms with Gasteiger partial charge >= 0.3 is 6.09 Å². The summed E-state index contributed by atoms with van der Waals surface area (Å²) in [6.45, 7) is 2.70. The lowest BCUT2D eigenvalue weighted by Crippen LogP contribution is -2.50. The van der Waals surface area contributed by atoms with Crippen molar-refractivity contribution in [2.75, 3.05) is 6.61 Å². The van der Waals surface area contributed by atoms with Gasteiger partial charge in [0.05, 0.1) is 12.1 Å². The van der Waals surface area contributed by atoms with Crippen LogP contribution in [0.2, 0.25) is 0 Å². The van der Waals surface area contributed by atoms with Crippen molar-refractivity contribution in [1.82, 2.24) is 10.9 Å². The molecule has 0 saturated carbocycles. The Morgan fingerprint density at radius 2 is 2.42 bits per heavy atom. The molecule has 2 atom stereocenters. The van der Waals surface area contributed by atoms with E-state index < -0.39 is 6.09 Å². The first kappa shape index (κ1) is 9.28. The molecule has 1 rings (SSSR count). The number of hydrogen-bond acceptors (Lipinski definition) is 3. The summed E-state index contributed by atoms with van der Waals surface area (Å²) >= 11 is 0. The van der Waals surface area contributed by atoms with E-state index in [0.29, 0.717) is 0 Å². The van der Waals surface area contributed by atoms with Crippen molar-refractivity contribution >= 4 is 6.09 Å². The van der Waals surface area contributed by atoms with Gasteiger partial charge in [-0.2, -0.15) is 0 Å². The van der Waals surface area contributed by atoms with Crippen molar-refractivity contribution in [2.24, 2.45) is 0 Å². The zero-order chi connectivity index (χ0) is 8.97. The van der Waals surface area contributed by atoms with Gasteiger partial charge in [-0.3, -0.25) is 5.43 Å². The van der Waals surface area contributed by atoms with Gasteiger partial charge in [-0.15, -0.1) is 0 Å². The number of carbonyl (C=O) groups is 1. The third kappa shape index (κ3) is 2.67. The molecular weight excluding hydrogens is 160 g/mol. The van der Waals surface area contributed by atoms with Gasteiger partial charge in [0.15, 0.2) is 0 Å². The van der Waals surface area contributed by atoms with Crippen LogP contribution < -0.4 is 10.9 Å². The highest BCUT2D eigenvalue weighted by molar-refractivity contribution is 5.63. The summed E-state index contributed by atoms with van der Waals surface area (Å²) in [4.78, 5) is 10.1. The third-order valence-corrected chi connectivity index (χ3v) is 1.97. The molecule has 0 aromatic carbocycles. The van der Waals surface area contributed by atoms with Gasteiger partial charge in [-0.05, 0) is 19.8 Å². The lowest BCUT2D eigenvalue weighted by Gasteiger charge is -2.29. The zero-order valence-corrected chi connectivity index (χ0v) is 7.04. The maximum absolute atomic E-state index is 10.1. The first-order chi connectivity index (χ1) is 5.70. The number of hydrazine groups is 1. The molecule has 0 spiro atoms. The minimum atomic E-state index is -1.06. The van der Waals surface area contributed by atoms with Crippen LogP contribution in [0.4, 0.5) is 4.79 Å². The second kappa shape index (κ2) is 4.27. The van der Waals surface area contributed by atoms with Gasteiger partial charge in [0.25, 0.3) is 0 Å². The first-order valence-electron chi connectivity index (χ1n) is 4.06. The molecule has 2 unspecified atom stereocenters. The molecule has 3 N–H and O–H groups in total. The molecule has 0 aromatic heterocycles. The molecule has 1 heterocycles. The van der Waals surface area contributed by atoms with Crippen LogP contribution in [-0.2, 0) is 4.74 Å². The van der Waals surface area contributed by atoms with E-state index >= 15 is 0 Å². The minimum Gasteiger partial charge on any atom is -0.464 e. The summed E-state index contributed by atoms with van der Waals surface area (Å²) in [6, 6.07) is 0.0925. The molecule has 0 radical (unpaired) electrons. The van der Waals surface area contributed by atoms with Crippen LogP contribution in [-0.4, -0.2) is 30.0 Å². The standard InChI is InChI=1S/C7H14N2O3/c1-5-6(3-2-4-12-5)8-9-7(10)11/h5-6,8-9H,2-4H2,1H3,(H,10,11). The monoisotopic (exact) mass is 174 g/mol. The summed E-state index contributed by atoms with van der Waals surface area (Å²) in [7, 11) is 0. The second-order valence-corrected chi connectivity index (χ2v) is 2.90. The SMILES string of the molecule is CC1OCCCC1NNC(=O)O. The quantitative estimate of drug-likeness (QED) is 0.527. The number of carboxylic acid groups (broad SMARTS) is 1. The van der Waals surface area contributed by atoms with Crippen molar-refractivity contribution in [3.63, 3.8) is 0 Å². The fraction of sp³-hybridized carbons (Fsp3) is 0.857. The summed E-state index contributed by atoms with van der Waals surface area (Å²) < 4.78 is 5.33. The molecular formula is C7H14N2O3. The third-order valence-electron chi connectivity index (χ3n) is 1.97. The number of rotatable bonds is 2. The van der Waals surface area contributed by atoms with Crippen LogP contribution in [0.3, 0.4) is 0 Å². The Hall–Kier alpha value is -0.810. The average molecular weight is 174 g/mol. The predicted octanol–water partition coefficient (Wildman–Crippen LogP) is 0.326. The van der Waals surface area contributed by atoms with E-state index in [1.165, 1.54) is 0 Å². The molecule has 0 bridgehead atoms. The van der Waals surface area contributed by atoms with Crippen molar-refractivity contribution in [3.05, 3.63) is 0 Å². The Morgan fingerprint density at radius 1 is 1.67 bits per heavy atom. The van der Waals surface area contributed by atoms with E-state index in [1.807, 2.05) is 6.92 Å². The zero-order valence-electron chi connectivity index (χ0n) is 7.04. The van der Waals surface area contributed by atoms with E-state index in [-0.39, 0.29) is 12.1 Å². The Balaban J connectivity index is 2.24. The molecule has 1 fully saturated rings. The van der Waals surface area contributed by atoms with Gasteiger partial charge in [0.1, 0.15) is 0 Å². The van der Waals surface area contributed by atoms with Gasteiger partial charge in [0.2, 0.25) is 0 Å². The van der Waals surface area contributed by atoms with Gasteiger partial charge in [0, 0.05) is 6.61 Å². The molecule has 5 nitrogen and oxygen atoms in total. The highest BCUT2D eigenvalue weighted by atomic mass is 16.5. The van der Waals surface area contributed by atoms with Crippen molar-refractivity contribution in [2.45, 2.75) is 31.9 Å². The second-order valence-electron chi connectivity index (χ2n) is 2.90. The van der Waals surface area contributed by atoms with Crippen LogP contribution in [0.15, 0.2) is 0 Å². The number of amides is 1. The Bertz CT molecular complexity index is 163. The molecule has 0 aliphatic carbocycles. The fourth-order valence-electron chi connectivity index (χ4n) is 1.27. The lowest BCUT2D eigenvalue weighted by molar-refractivity contribution is -0.000617. The van der Waals surface area contributed by atoms with E-state index in [1.54, 1.807) is 0 Å². The molecule has 1 saturated heterocycles. The Kier molecular flexibility index (Phi) is 3.31. The highest BCUT2D eigenvalue weighted by Crippen LogP contribution is 2.12. The van der Waals surface area contributed by atoms with Crippen molar-refractivity contribution in [3.8, 4) is 0 Å². The van der Waals surface area contributed by atoms with Crippen LogP contribution in [0.5, 0.6) is 0 Å². The normalized spacial score (nSPS) is 29.8. The number of nitrogens with one attached hydrogen (secondary N) is 2. The van der Waals surface area contributed by atoms with Gasteiger partial charge in [-0.25, -0.2) is 10.2 Å². The molecule has 0 aromatic rings. The molecule has 1 aliphatic rings. The molecule has 1 amide bonds. The lowest BCUT2D eigenvalue weighted by atomic mass is 10.1. The van der Waals surface area contributed by atoms with Crippen molar-refractivity contribution < 1.29 is 14.6 Å². The molecule has 1 aliphatic heterocycles. The smallest absolute Gasteiger partial charge is 0.419 e. The fourth-order valence-corrected chi connectivity index (χ4v) is 1.27. The van der Waals surface area contributed by atoms with Gasteiger partial charge < -0.3 is 9.84 Å². The molecule has 5 heteroatoms. The number of ether oxygens (including phenoxy) is 1. The summed E-state index contributed by atoms with van der Waals surface area (Å²) in [5, 5.41) is 8.32. The molecule has 70 valence electrons. The van der Waals surface area contributed by atoms with Crippen LogP contribution in [0.1, 0.15) is 19.8 Å². The maximum atomic E-state index is 10.1. The van der Waals surface area contributed by atoms with E-state index in [2.05, 4.69) is 10.9 Å². The average Bonchev–Trinajstić information content (AvgIpc) is 2.03. The Labute approximate surface area is 71.1 Å². The molecule has 12 heavy (non-hydrogen) atoms. The summed E-state index contributed by atoms with van der Waals surface area (Å²) in [6.07, 6.45) is 0.934.